The van der Waals surface area contributed by atoms with Gasteiger partial charge in [0.25, 0.3) is 0 Å². The fourth-order valence-corrected chi connectivity index (χ4v) is 1.80. The second-order valence-electron chi connectivity index (χ2n) is 4.31. The zero-order chi connectivity index (χ0) is 12.7. The van der Waals surface area contributed by atoms with Crippen molar-refractivity contribution >= 4 is 5.78 Å². The molecule has 17 heavy (non-hydrogen) atoms. The molecule has 3 heteroatoms. The smallest absolute Gasteiger partial charge is 0.146 e. The first-order valence-corrected chi connectivity index (χ1v) is 5.99. The van der Waals surface area contributed by atoms with Gasteiger partial charge in [-0.15, -0.1) is 0 Å². The van der Waals surface area contributed by atoms with E-state index in [1.54, 1.807) is 7.11 Å². The Labute approximate surface area is 103 Å². The lowest BCUT2D eigenvalue weighted by atomic mass is 10.2. The number of hydrogen-bond donors (Lipinski definition) is 0. The number of ether oxygens (including phenoxy) is 1. The number of hydrogen-bond acceptors (Lipinski definition) is 3. The van der Waals surface area contributed by atoms with E-state index in [9.17, 15) is 4.79 Å². The second-order valence-corrected chi connectivity index (χ2v) is 4.31. The molecule has 1 aromatic rings. The summed E-state index contributed by atoms with van der Waals surface area (Å²) in [7, 11) is 3.63. The van der Waals surface area contributed by atoms with Gasteiger partial charge in [-0.25, -0.2) is 0 Å². The van der Waals surface area contributed by atoms with E-state index in [1.165, 1.54) is 0 Å². The molecule has 0 atom stereocenters. The minimum Gasteiger partial charge on any atom is -0.497 e. The monoisotopic (exact) mass is 235 g/mol. The standard InChI is InChI=1S/C14H21NO2/c1-4-6-13(16)11-15(2)10-12-7-5-8-14(9-12)17-3/h5,7-9H,4,6,10-11H2,1-3H3. The number of ketones is 1. The van der Waals surface area contributed by atoms with Crippen LogP contribution in [0.5, 0.6) is 5.75 Å². The molecule has 0 heterocycles. The van der Waals surface area contributed by atoms with Gasteiger partial charge in [-0.3, -0.25) is 9.69 Å². The lowest BCUT2D eigenvalue weighted by molar-refractivity contribution is -0.120. The lowest BCUT2D eigenvalue weighted by Crippen LogP contribution is -2.25. The summed E-state index contributed by atoms with van der Waals surface area (Å²) < 4.78 is 5.17. The highest BCUT2D eigenvalue weighted by molar-refractivity contribution is 5.80. The van der Waals surface area contributed by atoms with Crippen LogP contribution in [0.3, 0.4) is 0 Å². The van der Waals surface area contributed by atoms with Crippen molar-refractivity contribution in [3.63, 3.8) is 0 Å². The van der Waals surface area contributed by atoms with Gasteiger partial charge in [-0.05, 0) is 31.2 Å². The summed E-state index contributed by atoms with van der Waals surface area (Å²) in [5, 5.41) is 0. The zero-order valence-corrected chi connectivity index (χ0v) is 10.9. The van der Waals surface area contributed by atoms with Gasteiger partial charge in [0.15, 0.2) is 0 Å². The van der Waals surface area contributed by atoms with Gasteiger partial charge in [0.05, 0.1) is 13.7 Å². The minimum atomic E-state index is 0.304. The first-order valence-electron chi connectivity index (χ1n) is 5.99. The highest BCUT2D eigenvalue weighted by atomic mass is 16.5. The summed E-state index contributed by atoms with van der Waals surface area (Å²) in [6, 6.07) is 7.94. The van der Waals surface area contributed by atoms with Crippen molar-refractivity contribution in [1.82, 2.24) is 4.90 Å². The van der Waals surface area contributed by atoms with Crippen LogP contribution in [0.15, 0.2) is 24.3 Å². The predicted octanol–water partition coefficient (Wildman–Crippen LogP) is 2.50. The molecule has 0 spiro atoms. The third-order valence-electron chi connectivity index (χ3n) is 2.56. The van der Waals surface area contributed by atoms with Crippen molar-refractivity contribution in [2.75, 3.05) is 20.7 Å². The van der Waals surface area contributed by atoms with E-state index < -0.39 is 0 Å². The molecule has 1 aromatic carbocycles. The van der Waals surface area contributed by atoms with Crippen LogP contribution in [-0.4, -0.2) is 31.4 Å². The van der Waals surface area contributed by atoms with Gasteiger partial charge in [0, 0.05) is 13.0 Å². The van der Waals surface area contributed by atoms with Crippen LogP contribution < -0.4 is 4.74 Å². The quantitative estimate of drug-likeness (QED) is 0.727. The summed E-state index contributed by atoms with van der Waals surface area (Å²) >= 11 is 0. The molecule has 0 N–H and O–H groups in total. The Morgan fingerprint density at radius 1 is 1.41 bits per heavy atom. The van der Waals surface area contributed by atoms with E-state index in [1.807, 2.05) is 43.1 Å². The molecule has 94 valence electrons. The maximum Gasteiger partial charge on any atom is 0.146 e. The van der Waals surface area contributed by atoms with Crippen molar-refractivity contribution in [3.05, 3.63) is 29.8 Å². The Kier molecular flexibility index (Phi) is 5.70. The molecule has 0 radical (unpaired) electrons. The van der Waals surface area contributed by atoms with Crippen LogP contribution >= 0.6 is 0 Å². The molecule has 0 saturated carbocycles. The second kappa shape index (κ2) is 7.07. The SMILES string of the molecule is CCCC(=O)CN(C)Cc1cccc(OC)c1. The van der Waals surface area contributed by atoms with Crippen LogP contribution in [-0.2, 0) is 11.3 Å². The Balaban J connectivity index is 2.49. The molecular formula is C14H21NO2. The fourth-order valence-electron chi connectivity index (χ4n) is 1.80. The highest BCUT2D eigenvalue weighted by Gasteiger charge is 2.06. The Morgan fingerprint density at radius 2 is 2.18 bits per heavy atom. The Bertz CT molecular complexity index is 363. The molecule has 0 aliphatic heterocycles. The molecule has 1 rings (SSSR count). The molecule has 0 amide bonds. The molecule has 3 nitrogen and oxygen atoms in total. The number of carbonyl (C=O) groups is 1. The summed E-state index contributed by atoms with van der Waals surface area (Å²) in [5.74, 6) is 1.16. The van der Waals surface area contributed by atoms with Crippen LogP contribution in [0.2, 0.25) is 0 Å². The highest BCUT2D eigenvalue weighted by Crippen LogP contribution is 2.13. The van der Waals surface area contributed by atoms with Crippen LogP contribution in [0.1, 0.15) is 25.3 Å². The van der Waals surface area contributed by atoms with Crippen molar-refractivity contribution in [1.29, 1.82) is 0 Å². The molecule has 0 aliphatic carbocycles. The average Bonchev–Trinajstić information content (AvgIpc) is 2.29. The first kappa shape index (κ1) is 13.7. The summed E-state index contributed by atoms with van der Waals surface area (Å²) in [5.41, 5.74) is 1.16. The van der Waals surface area contributed by atoms with Crippen molar-refractivity contribution in [2.24, 2.45) is 0 Å². The summed E-state index contributed by atoms with van der Waals surface area (Å²) in [6.07, 6.45) is 1.59. The Hall–Kier alpha value is -1.35. The zero-order valence-electron chi connectivity index (χ0n) is 10.9. The summed E-state index contributed by atoms with van der Waals surface area (Å²) in [4.78, 5) is 13.5. The molecule has 0 aliphatic rings. The fraction of sp³-hybridized carbons (Fsp3) is 0.500. The number of carbonyl (C=O) groups excluding carboxylic acids is 1. The topological polar surface area (TPSA) is 29.5 Å². The molecule has 0 bridgehead atoms. The van der Waals surface area contributed by atoms with Gasteiger partial charge < -0.3 is 4.74 Å². The van der Waals surface area contributed by atoms with E-state index in [0.717, 1.165) is 24.3 Å². The number of methoxy groups -OCH3 is 1. The van der Waals surface area contributed by atoms with Gasteiger partial charge >= 0.3 is 0 Å². The molecule has 0 fully saturated rings. The van der Waals surface area contributed by atoms with E-state index in [0.29, 0.717) is 18.7 Å². The van der Waals surface area contributed by atoms with Crippen LogP contribution in [0, 0.1) is 0 Å². The van der Waals surface area contributed by atoms with Gasteiger partial charge in [0.2, 0.25) is 0 Å². The van der Waals surface area contributed by atoms with Crippen LogP contribution in [0.4, 0.5) is 0 Å². The number of Topliss-reactive ketones (excluding diaryl/α,β-unsaturated/α-hetero) is 1. The number of likely N-dealkylation sites (N-methyl/N-ethyl adjacent to an activating group) is 1. The lowest BCUT2D eigenvalue weighted by Gasteiger charge is -2.16. The maximum atomic E-state index is 11.5. The first-order chi connectivity index (χ1) is 8.15. The predicted molar refractivity (Wildman–Crippen MR) is 69.2 cm³/mol. The third-order valence-corrected chi connectivity index (χ3v) is 2.56. The Morgan fingerprint density at radius 3 is 2.82 bits per heavy atom. The maximum absolute atomic E-state index is 11.5. The summed E-state index contributed by atoms with van der Waals surface area (Å²) in [6.45, 7) is 3.32. The normalized spacial score (nSPS) is 10.6. The molecule has 0 aromatic heterocycles. The van der Waals surface area contributed by atoms with E-state index >= 15 is 0 Å². The van der Waals surface area contributed by atoms with Gasteiger partial charge in [0.1, 0.15) is 11.5 Å². The molecule has 0 unspecified atom stereocenters. The minimum absolute atomic E-state index is 0.304. The molecular weight excluding hydrogens is 214 g/mol. The van der Waals surface area contributed by atoms with Crippen LogP contribution in [0.25, 0.3) is 0 Å². The van der Waals surface area contributed by atoms with E-state index in [-0.39, 0.29) is 0 Å². The average molecular weight is 235 g/mol. The van der Waals surface area contributed by atoms with Gasteiger partial charge in [-0.2, -0.15) is 0 Å². The van der Waals surface area contributed by atoms with Crippen molar-refractivity contribution in [2.45, 2.75) is 26.3 Å². The van der Waals surface area contributed by atoms with Gasteiger partial charge in [-0.1, -0.05) is 19.1 Å². The van der Waals surface area contributed by atoms with Crippen molar-refractivity contribution < 1.29 is 9.53 Å². The van der Waals surface area contributed by atoms with E-state index in [4.69, 9.17) is 4.74 Å². The van der Waals surface area contributed by atoms with E-state index in [2.05, 4.69) is 0 Å². The largest absolute Gasteiger partial charge is 0.497 e. The third kappa shape index (κ3) is 5.00. The molecule has 0 saturated heterocycles. The van der Waals surface area contributed by atoms with Crippen molar-refractivity contribution in [3.8, 4) is 5.75 Å². The number of benzene rings is 1. The number of nitrogens with zero attached hydrogens (tertiary/aromatic N) is 1. The number of rotatable bonds is 7.